The minimum Gasteiger partial charge on any atom is -0.381 e. The Morgan fingerprint density at radius 3 is 2.77 bits per heavy atom. The SMILES string of the molecule is O=C(Nc1nc(-c2ccc(F)c(F)c2)cs1)C1CCOCC1. The molecule has 3 rings (SSSR count). The highest BCUT2D eigenvalue weighted by molar-refractivity contribution is 7.14. The van der Waals surface area contributed by atoms with Gasteiger partial charge in [-0.25, -0.2) is 13.8 Å². The van der Waals surface area contributed by atoms with Gasteiger partial charge in [-0.3, -0.25) is 4.79 Å². The molecule has 1 saturated heterocycles. The van der Waals surface area contributed by atoms with Crippen LogP contribution in [-0.4, -0.2) is 24.1 Å². The number of ether oxygens (including phenoxy) is 1. The maximum absolute atomic E-state index is 13.2. The van der Waals surface area contributed by atoms with E-state index in [2.05, 4.69) is 10.3 Å². The fraction of sp³-hybridized carbons (Fsp3) is 0.333. The zero-order valence-electron chi connectivity index (χ0n) is 11.6. The summed E-state index contributed by atoms with van der Waals surface area (Å²) in [5.74, 6) is -1.95. The number of aromatic nitrogens is 1. The molecule has 0 unspecified atom stereocenters. The molecule has 1 aliphatic heterocycles. The van der Waals surface area contributed by atoms with Crippen LogP contribution in [0.15, 0.2) is 23.6 Å². The van der Waals surface area contributed by atoms with Gasteiger partial charge in [0.25, 0.3) is 0 Å². The zero-order valence-corrected chi connectivity index (χ0v) is 12.5. The highest BCUT2D eigenvalue weighted by Crippen LogP contribution is 2.27. The first-order chi connectivity index (χ1) is 10.6. The number of nitrogens with one attached hydrogen (secondary N) is 1. The number of benzene rings is 1. The first-order valence-corrected chi connectivity index (χ1v) is 7.81. The van der Waals surface area contributed by atoms with Crippen LogP contribution in [-0.2, 0) is 9.53 Å². The van der Waals surface area contributed by atoms with E-state index in [1.807, 2.05) is 0 Å². The minimum atomic E-state index is -0.918. The summed E-state index contributed by atoms with van der Waals surface area (Å²) >= 11 is 1.26. The van der Waals surface area contributed by atoms with Crippen LogP contribution in [0.1, 0.15) is 12.8 Å². The Kier molecular flexibility index (Phi) is 4.44. The second kappa shape index (κ2) is 6.50. The maximum atomic E-state index is 13.2. The van der Waals surface area contributed by atoms with Crippen LogP contribution < -0.4 is 5.32 Å². The molecule has 2 aromatic rings. The monoisotopic (exact) mass is 324 g/mol. The molecule has 7 heteroatoms. The minimum absolute atomic E-state index is 0.0654. The molecule has 2 heterocycles. The van der Waals surface area contributed by atoms with Crippen molar-refractivity contribution in [3.63, 3.8) is 0 Å². The Bertz CT molecular complexity index is 684. The van der Waals surface area contributed by atoms with Crippen LogP contribution in [0.3, 0.4) is 0 Å². The molecule has 0 bridgehead atoms. The Morgan fingerprint density at radius 2 is 2.05 bits per heavy atom. The Morgan fingerprint density at radius 1 is 1.27 bits per heavy atom. The molecule has 1 fully saturated rings. The summed E-state index contributed by atoms with van der Waals surface area (Å²) in [7, 11) is 0. The van der Waals surface area contributed by atoms with E-state index in [0.29, 0.717) is 42.4 Å². The molecule has 116 valence electrons. The maximum Gasteiger partial charge on any atom is 0.229 e. The summed E-state index contributed by atoms with van der Waals surface area (Å²) in [6, 6.07) is 3.61. The Balaban J connectivity index is 1.70. The largest absolute Gasteiger partial charge is 0.381 e. The average Bonchev–Trinajstić information content (AvgIpc) is 2.99. The van der Waals surface area contributed by atoms with Gasteiger partial charge < -0.3 is 10.1 Å². The average molecular weight is 324 g/mol. The number of thiazole rings is 1. The predicted molar refractivity (Wildman–Crippen MR) is 79.6 cm³/mol. The highest BCUT2D eigenvalue weighted by Gasteiger charge is 2.22. The number of hydrogen-bond donors (Lipinski definition) is 1. The van der Waals surface area contributed by atoms with Gasteiger partial charge in [-0.05, 0) is 31.0 Å². The van der Waals surface area contributed by atoms with E-state index in [4.69, 9.17) is 4.74 Å². The lowest BCUT2D eigenvalue weighted by molar-refractivity contribution is -0.122. The number of halogens is 2. The molecule has 4 nitrogen and oxygen atoms in total. The Labute approximate surface area is 130 Å². The lowest BCUT2D eigenvalue weighted by Gasteiger charge is -2.20. The van der Waals surface area contributed by atoms with Gasteiger partial charge in [0, 0.05) is 30.1 Å². The second-order valence-electron chi connectivity index (χ2n) is 5.04. The zero-order chi connectivity index (χ0) is 15.5. The predicted octanol–water partition coefficient (Wildman–Crippen LogP) is 3.45. The quantitative estimate of drug-likeness (QED) is 0.941. The molecule has 0 atom stereocenters. The van der Waals surface area contributed by atoms with Crippen LogP contribution in [0.4, 0.5) is 13.9 Å². The topological polar surface area (TPSA) is 51.2 Å². The van der Waals surface area contributed by atoms with Gasteiger partial charge in [-0.15, -0.1) is 11.3 Å². The number of carbonyl (C=O) groups excluding carboxylic acids is 1. The fourth-order valence-electron chi connectivity index (χ4n) is 2.29. The van der Waals surface area contributed by atoms with Crippen molar-refractivity contribution in [2.45, 2.75) is 12.8 Å². The van der Waals surface area contributed by atoms with E-state index in [-0.39, 0.29) is 11.8 Å². The van der Waals surface area contributed by atoms with Gasteiger partial charge in [-0.1, -0.05) is 0 Å². The third-order valence-electron chi connectivity index (χ3n) is 3.54. The summed E-state index contributed by atoms with van der Waals surface area (Å²) in [6.07, 6.45) is 1.40. The molecule has 1 aliphatic rings. The van der Waals surface area contributed by atoms with Crippen molar-refractivity contribution in [2.24, 2.45) is 5.92 Å². The number of amides is 1. The molecular formula is C15H14F2N2O2S. The first-order valence-electron chi connectivity index (χ1n) is 6.93. The summed E-state index contributed by atoms with van der Waals surface area (Å²) in [5.41, 5.74) is 0.980. The molecule has 22 heavy (non-hydrogen) atoms. The molecule has 0 spiro atoms. The van der Waals surface area contributed by atoms with Gasteiger partial charge in [0.05, 0.1) is 5.69 Å². The van der Waals surface area contributed by atoms with Crippen molar-refractivity contribution in [1.82, 2.24) is 4.98 Å². The number of carbonyl (C=O) groups is 1. The molecule has 1 amide bonds. The summed E-state index contributed by atoms with van der Waals surface area (Å²) < 4.78 is 31.4. The van der Waals surface area contributed by atoms with Crippen LogP contribution in [0.5, 0.6) is 0 Å². The van der Waals surface area contributed by atoms with Crippen LogP contribution >= 0.6 is 11.3 Å². The Hall–Kier alpha value is -1.86. The lowest BCUT2D eigenvalue weighted by atomic mass is 10.00. The van der Waals surface area contributed by atoms with Crippen molar-refractivity contribution in [1.29, 1.82) is 0 Å². The number of rotatable bonds is 3. The van der Waals surface area contributed by atoms with E-state index in [1.165, 1.54) is 17.4 Å². The second-order valence-corrected chi connectivity index (χ2v) is 5.90. The van der Waals surface area contributed by atoms with Gasteiger partial charge in [0.1, 0.15) is 0 Å². The third-order valence-corrected chi connectivity index (χ3v) is 4.30. The number of nitrogens with zero attached hydrogens (tertiary/aromatic N) is 1. The van der Waals surface area contributed by atoms with Crippen molar-refractivity contribution in [2.75, 3.05) is 18.5 Å². The van der Waals surface area contributed by atoms with Crippen LogP contribution in [0, 0.1) is 17.6 Å². The lowest BCUT2D eigenvalue weighted by Crippen LogP contribution is -2.28. The normalized spacial score (nSPS) is 15.7. The van der Waals surface area contributed by atoms with Crippen molar-refractivity contribution in [3.8, 4) is 11.3 Å². The van der Waals surface area contributed by atoms with Gasteiger partial charge in [0.15, 0.2) is 16.8 Å². The van der Waals surface area contributed by atoms with Crippen molar-refractivity contribution >= 4 is 22.4 Å². The number of anilines is 1. The van der Waals surface area contributed by atoms with Gasteiger partial charge in [-0.2, -0.15) is 0 Å². The van der Waals surface area contributed by atoms with E-state index in [9.17, 15) is 13.6 Å². The third kappa shape index (κ3) is 3.31. The molecule has 1 aromatic carbocycles. The van der Waals surface area contributed by atoms with Gasteiger partial charge in [0.2, 0.25) is 5.91 Å². The molecule has 1 aromatic heterocycles. The standard InChI is InChI=1S/C15H14F2N2O2S/c16-11-2-1-10(7-12(11)17)13-8-22-15(18-13)19-14(20)9-3-5-21-6-4-9/h1-2,7-9H,3-6H2,(H,18,19,20). The summed E-state index contributed by atoms with van der Waals surface area (Å²) in [4.78, 5) is 16.4. The first kappa shape index (κ1) is 15.1. The van der Waals surface area contributed by atoms with E-state index < -0.39 is 11.6 Å². The molecule has 0 saturated carbocycles. The number of hydrogen-bond acceptors (Lipinski definition) is 4. The summed E-state index contributed by atoms with van der Waals surface area (Å²) in [6.45, 7) is 1.19. The van der Waals surface area contributed by atoms with Gasteiger partial charge >= 0.3 is 0 Å². The highest BCUT2D eigenvalue weighted by atomic mass is 32.1. The molecule has 1 N–H and O–H groups in total. The van der Waals surface area contributed by atoms with Crippen LogP contribution in [0.25, 0.3) is 11.3 Å². The van der Waals surface area contributed by atoms with Crippen molar-refractivity contribution in [3.05, 3.63) is 35.2 Å². The van der Waals surface area contributed by atoms with E-state index in [1.54, 1.807) is 5.38 Å². The summed E-state index contributed by atoms with van der Waals surface area (Å²) in [5, 5.41) is 4.93. The molecule has 0 aliphatic carbocycles. The fourth-order valence-corrected chi connectivity index (χ4v) is 3.01. The van der Waals surface area contributed by atoms with E-state index in [0.717, 1.165) is 12.1 Å². The van der Waals surface area contributed by atoms with Crippen LogP contribution in [0.2, 0.25) is 0 Å². The van der Waals surface area contributed by atoms with Crippen molar-refractivity contribution < 1.29 is 18.3 Å². The smallest absolute Gasteiger partial charge is 0.229 e. The van der Waals surface area contributed by atoms with E-state index >= 15 is 0 Å². The molecule has 0 radical (unpaired) electrons. The molecular weight excluding hydrogens is 310 g/mol.